The second-order valence-electron chi connectivity index (χ2n) is 6.17. The number of benzene rings is 1. The first-order chi connectivity index (χ1) is 11.6. The van der Waals surface area contributed by atoms with E-state index >= 15 is 0 Å². The van der Waals surface area contributed by atoms with Gasteiger partial charge in [0.1, 0.15) is 5.82 Å². The topological polar surface area (TPSA) is 87.1 Å². The molecule has 6 heteroatoms. The molecule has 0 unspecified atom stereocenters. The van der Waals surface area contributed by atoms with Crippen LogP contribution in [0.15, 0.2) is 30.3 Å². The second-order valence-corrected chi connectivity index (χ2v) is 6.17. The van der Waals surface area contributed by atoms with Gasteiger partial charge >= 0.3 is 5.97 Å². The number of nitrogens with one attached hydrogen (secondary N) is 2. The first-order valence-electron chi connectivity index (χ1n) is 8.33. The molecule has 3 rings (SSSR count). The van der Waals surface area contributed by atoms with Crippen LogP contribution in [-0.2, 0) is 0 Å². The first kappa shape index (κ1) is 16.2. The second kappa shape index (κ2) is 7.29. The molecule has 2 aromatic rings. The van der Waals surface area contributed by atoms with Gasteiger partial charge in [-0.1, -0.05) is 31.4 Å². The average Bonchev–Trinajstić information content (AvgIpc) is 2.55. The van der Waals surface area contributed by atoms with Gasteiger partial charge in [-0.3, -0.25) is 0 Å². The van der Waals surface area contributed by atoms with Crippen LogP contribution >= 0.6 is 0 Å². The molecule has 0 aliphatic heterocycles. The fraction of sp³-hybridized carbons (Fsp3) is 0.389. The predicted octanol–water partition coefficient (Wildman–Crippen LogP) is 3.97. The van der Waals surface area contributed by atoms with E-state index in [4.69, 9.17) is 0 Å². The van der Waals surface area contributed by atoms with Gasteiger partial charge < -0.3 is 15.7 Å². The van der Waals surface area contributed by atoms with Gasteiger partial charge in [0.15, 0.2) is 0 Å². The third kappa shape index (κ3) is 4.01. The minimum atomic E-state index is -0.968. The number of rotatable bonds is 5. The zero-order chi connectivity index (χ0) is 16.9. The normalized spacial score (nSPS) is 15.0. The minimum Gasteiger partial charge on any atom is -0.478 e. The Kier molecular flexibility index (Phi) is 4.93. The van der Waals surface area contributed by atoms with E-state index in [9.17, 15) is 9.90 Å². The van der Waals surface area contributed by atoms with Crippen LogP contribution in [0.5, 0.6) is 0 Å². The van der Waals surface area contributed by atoms with Crippen LogP contribution in [0.25, 0.3) is 0 Å². The third-order valence-corrected chi connectivity index (χ3v) is 4.21. The monoisotopic (exact) mass is 326 g/mol. The number of aryl methyl sites for hydroxylation is 1. The predicted molar refractivity (Wildman–Crippen MR) is 93.9 cm³/mol. The maximum absolute atomic E-state index is 11.3. The largest absolute Gasteiger partial charge is 0.478 e. The molecule has 1 fully saturated rings. The lowest BCUT2D eigenvalue weighted by Gasteiger charge is -2.23. The van der Waals surface area contributed by atoms with Crippen LogP contribution in [0, 0.1) is 6.92 Å². The van der Waals surface area contributed by atoms with Crippen molar-refractivity contribution in [3.63, 3.8) is 0 Å². The lowest BCUT2D eigenvalue weighted by molar-refractivity contribution is 0.0698. The van der Waals surface area contributed by atoms with Crippen LogP contribution in [-0.4, -0.2) is 27.1 Å². The number of carboxylic acids is 1. The molecule has 1 heterocycles. The van der Waals surface area contributed by atoms with Gasteiger partial charge in [0.25, 0.3) is 0 Å². The van der Waals surface area contributed by atoms with E-state index in [2.05, 4.69) is 20.6 Å². The van der Waals surface area contributed by atoms with E-state index in [1.165, 1.54) is 19.3 Å². The van der Waals surface area contributed by atoms with Crippen molar-refractivity contribution in [2.75, 3.05) is 10.6 Å². The van der Waals surface area contributed by atoms with Crippen LogP contribution in [0.3, 0.4) is 0 Å². The highest BCUT2D eigenvalue weighted by Crippen LogP contribution is 2.23. The fourth-order valence-corrected chi connectivity index (χ4v) is 3.04. The third-order valence-electron chi connectivity index (χ3n) is 4.21. The van der Waals surface area contributed by atoms with Gasteiger partial charge in [0, 0.05) is 17.8 Å². The van der Waals surface area contributed by atoms with E-state index in [0.29, 0.717) is 23.5 Å². The zero-order valence-electron chi connectivity index (χ0n) is 13.7. The first-order valence-corrected chi connectivity index (χ1v) is 8.33. The summed E-state index contributed by atoms with van der Waals surface area (Å²) in [4.78, 5) is 20.3. The zero-order valence-corrected chi connectivity index (χ0v) is 13.7. The van der Waals surface area contributed by atoms with Gasteiger partial charge in [-0.05, 0) is 31.9 Å². The van der Waals surface area contributed by atoms with Crippen LogP contribution < -0.4 is 10.6 Å². The molecule has 1 saturated carbocycles. The van der Waals surface area contributed by atoms with E-state index in [1.807, 2.05) is 13.0 Å². The molecule has 0 amide bonds. The maximum Gasteiger partial charge on any atom is 0.337 e. The average molecular weight is 326 g/mol. The van der Waals surface area contributed by atoms with Crippen molar-refractivity contribution in [2.45, 2.75) is 45.1 Å². The number of aromatic nitrogens is 2. The van der Waals surface area contributed by atoms with Gasteiger partial charge in [-0.2, -0.15) is 4.98 Å². The number of aromatic carboxylic acids is 1. The Morgan fingerprint density at radius 2 is 1.92 bits per heavy atom. The molecule has 0 saturated heterocycles. The Balaban J connectivity index is 1.80. The molecule has 0 atom stereocenters. The molecule has 3 N–H and O–H groups in total. The molecular weight excluding hydrogens is 304 g/mol. The van der Waals surface area contributed by atoms with Gasteiger partial charge in [0.2, 0.25) is 5.95 Å². The maximum atomic E-state index is 11.3. The SMILES string of the molecule is Cc1cc(Nc2ccccc2C(=O)O)nc(NC2CCCCC2)n1. The summed E-state index contributed by atoms with van der Waals surface area (Å²) in [6.07, 6.45) is 6.05. The van der Waals surface area contributed by atoms with Crippen LogP contribution in [0.4, 0.5) is 17.5 Å². The standard InChI is InChI=1S/C18H22N4O2/c1-12-11-16(21-15-10-6-5-9-14(15)17(23)24)22-18(19-12)20-13-7-3-2-4-8-13/h5-6,9-11,13H,2-4,7-8H2,1H3,(H,23,24)(H2,19,20,21,22). The highest BCUT2D eigenvalue weighted by Gasteiger charge is 2.15. The molecule has 1 aliphatic rings. The molecule has 0 spiro atoms. The molecule has 0 radical (unpaired) electrons. The number of nitrogens with zero attached hydrogens (tertiary/aromatic N) is 2. The van der Waals surface area contributed by atoms with Crippen molar-refractivity contribution in [1.29, 1.82) is 0 Å². The quantitative estimate of drug-likeness (QED) is 0.770. The Labute approximate surface area is 141 Å². The Morgan fingerprint density at radius 3 is 2.67 bits per heavy atom. The minimum absolute atomic E-state index is 0.218. The number of carboxylic acid groups (broad SMARTS) is 1. The molecule has 0 bridgehead atoms. The molecule has 1 aliphatic carbocycles. The van der Waals surface area contributed by atoms with Crippen LogP contribution in [0.1, 0.15) is 48.2 Å². The van der Waals surface area contributed by atoms with Gasteiger partial charge in [-0.15, -0.1) is 0 Å². The van der Waals surface area contributed by atoms with Gasteiger partial charge in [-0.25, -0.2) is 9.78 Å². The number of anilines is 3. The Morgan fingerprint density at radius 1 is 1.17 bits per heavy atom. The van der Waals surface area contributed by atoms with Crippen molar-refractivity contribution in [3.05, 3.63) is 41.6 Å². The lowest BCUT2D eigenvalue weighted by Crippen LogP contribution is -2.23. The highest BCUT2D eigenvalue weighted by atomic mass is 16.4. The number of carbonyl (C=O) groups is 1. The lowest BCUT2D eigenvalue weighted by atomic mass is 9.96. The van der Waals surface area contributed by atoms with Gasteiger partial charge in [0.05, 0.1) is 11.3 Å². The summed E-state index contributed by atoms with van der Waals surface area (Å²) in [6, 6.07) is 9.03. The van der Waals surface area contributed by atoms with Crippen molar-refractivity contribution < 1.29 is 9.90 Å². The number of hydrogen-bond donors (Lipinski definition) is 3. The Bertz CT molecular complexity index is 727. The van der Waals surface area contributed by atoms with Crippen molar-refractivity contribution in [1.82, 2.24) is 9.97 Å². The summed E-state index contributed by atoms with van der Waals surface area (Å²) >= 11 is 0. The Hall–Kier alpha value is -2.63. The number of para-hydroxylation sites is 1. The molecule has 6 nitrogen and oxygen atoms in total. The molecule has 126 valence electrons. The number of hydrogen-bond acceptors (Lipinski definition) is 5. The molecular formula is C18H22N4O2. The van der Waals surface area contributed by atoms with E-state index < -0.39 is 5.97 Å². The smallest absolute Gasteiger partial charge is 0.337 e. The van der Waals surface area contributed by atoms with E-state index in [1.54, 1.807) is 24.3 Å². The summed E-state index contributed by atoms with van der Waals surface area (Å²) in [7, 11) is 0. The highest BCUT2D eigenvalue weighted by molar-refractivity contribution is 5.95. The summed E-state index contributed by atoms with van der Waals surface area (Å²) in [5, 5.41) is 15.8. The summed E-state index contributed by atoms with van der Waals surface area (Å²) < 4.78 is 0. The van der Waals surface area contributed by atoms with Crippen LogP contribution in [0.2, 0.25) is 0 Å². The van der Waals surface area contributed by atoms with Crippen molar-refractivity contribution in [2.24, 2.45) is 0 Å². The van der Waals surface area contributed by atoms with Crippen molar-refractivity contribution >= 4 is 23.4 Å². The fourth-order valence-electron chi connectivity index (χ4n) is 3.04. The molecule has 1 aromatic heterocycles. The molecule has 24 heavy (non-hydrogen) atoms. The summed E-state index contributed by atoms with van der Waals surface area (Å²) in [5.41, 5.74) is 1.57. The summed E-state index contributed by atoms with van der Waals surface area (Å²) in [5.74, 6) is 0.219. The van der Waals surface area contributed by atoms with Crippen molar-refractivity contribution in [3.8, 4) is 0 Å². The summed E-state index contributed by atoms with van der Waals surface area (Å²) in [6.45, 7) is 1.90. The molecule has 1 aromatic carbocycles. The van der Waals surface area contributed by atoms with E-state index in [0.717, 1.165) is 18.5 Å². The van der Waals surface area contributed by atoms with E-state index in [-0.39, 0.29) is 5.56 Å².